The number of rotatable bonds is 9. The molecule has 30 heavy (non-hydrogen) atoms. The molecule has 0 saturated heterocycles. The molecule has 0 fully saturated rings. The molecule has 2 aromatic heterocycles. The smallest absolute Gasteiger partial charge is 0.345 e. The number of carbonyl (C=O) groups excluding carboxylic acids is 1. The third kappa shape index (κ3) is 4.48. The SMILES string of the molecule is CCCCCCCn1c(=O)c(C(=O)Nc2ncc([N+](=O)[O-])s2)c(O)c2ccccc21. The number of amides is 1. The lowest BCUT2D eigenvalue weighted by Gasteiger charge is -2.14. The van der Waals surface area contributed by atoms with E-state index in [1.54, 1.807) is 24.3 Å². The van der Waals surface area contributed by atoms with Crippen molar-refractivity contribution in [2.75, 3.05) is 5.32 Å². The maximum Gasteiger partial charge on any atom is 0.345 e. The van der Waals surface area contributed by atoms with Crippen LogP contribution < -0.4 is 10.9 Å². The number of nitrogens with zero attached hydrogens (tertiary/aromatic N) is 3. The van der Waals surface area contributed by atoms with Crippen molar-refractivity contribution in [1.29, 1.82) is 0 Å². The normalized spacial score (nSPS) is 11.0. The first-order valence-corrected chi connectivity index (χ1v) is 10.5. The van der Waals surface area contributed by atoms with E-state index in [1.807, 2.05) is 0 Å². The van der Waals surface area contributed by atoms with Gasteiger partial charge in [-0.3, -0.25) is 25.0 Å². The van der Waals surface area contributed by atoms with Crippen LogP contribution in [0.4, 0.5) is 10.1 Å². The van der Waals surface area contributed by atoms with Crippen LogP contribution in [-0.2, 0) is 6.54 Å². The lowest BCUT2D eigenvalue weighted by molar-refractivity contribution is -0.380. The van der Waals surface area contributed by atoms with Gasteiger partial charge < -0.3 is 9.67 Å². The number of nitro groups is 1. The number of hydrogen-bond donors (Lipinski definition) is 2. The number of aromatic nitrogens is 2. The monoisotopic (exact) mass is 430 g/mol. The Bertz CT molecular complexity index is 1140. The van der Waals surface area contributed by atoms with Crippen molar-refractivity contribution in [3.63, 3.8) is 0 Å². The third-order valence-electron chi connectivity index (χ3n) is 4.75. The van der Waals surface area contributed by atoms with Crippen LogP contribution in [0.15, 0.2) is 35.3 Å². The number of thiazole rings is 1. The first-order valence-electron chi connectivity index (χ1n) is 9.70. The van der Waals surface area contributed by atoms with E-state index in [0.717, 1.165) is 38.3 Å². The van der Waals surface area contributed by atoms with Crippen molar-refractivity contribution in [2.24, 2.45) is 0 Å². The highest BCUT2D eigenvalue weighted by Crippen LogP contribution is 2.29. The van der Waals surface area contributed by atoms with E-state index in [1.165, 1.54) is 4.57 Å². The fourth-order valence-corrected chi connectivity index (χ4v) is 3.88. The van der Waals surface area contributed by atoms with Crippen molar-refractivity contribution in [1.82, 2.24) is 9.55 Å². The summed E-state index contributed by atoms with van der Waals surface area (Å²) in [6.07, 6.45) is 6.06. The van der Waals surface area contributed by atoms with Gasteiger partial charge in [0, 0.05) is 11.9 Å². The molecule has 0 unspecified atom stereocenters. The minimum absolute atomic E-state index is 0.0234. The van der Waals surface area contributed by atoms with Crippen molar-refractivity contribution in [3.05, 3.63) is 56.5 Å². The second kappa shape index (κ2) is 9.49. The van der Waals surface area contributed by atoms with Crippen LogP contribution in [0.1, 0.15) is 49.4 Å². The molecule has 9 nitrogen and oxygen atoms in total. The number of anilines is 1. The number of benzene rings is 1. The summed E-state index contributed by atoms with van der Waals surface area (Å²) in [6.45, 7) is 2.55. The Morgan fingerprint density at radius 1 is 1.27 bits per heavy atom. The lowest BCUT2D eigenvalue weighted by Crippen LogP contribution is -2.30. The maximum absolute atomic E-state index is 13.1. The highest BCUT2D eigenvalue weighted by molar-refractivity contribution is 7.18. The summed E-state index contributed by atoms with van der Waals surface area (Å²) >= 11 is 0.672. The first-order chi connectivity index (χ1) is 14.4. The van der Waals surface area contributed by atoms with Gasteiger partial charge in [-0.2, -0.15) is 0 Å². The second-order valence-electron chi connectivity index (χ2n) is 6.83. The summed E-state index contributed by atoms with van der Waals surface area (Å²) in [5.74, 6) is -1.27. The number of para-hydroxylation sites is 1. The van der Waals surface area contributed by atoms with Crippen molar-refractivity contribution >= 4 is 38.3 Å². The van der Waals surface area contributed by atoms with Gasteiger partial charge in [-0.15, -0.1) is 0 Å². The number of aromatic hydroxyl groups is 1. The third-order valence-corrected chi connectivity index (χ3v) is 5.62. The number of hydrogen-bond acceptors (Lipinski definition) is 7. The van der Waals surface area contributed by atoms with E-state index < -0.39 is 27.7 Å². The van der Waals surface area contributed by atoms with Crippen LogP contribution in [0, 0.1) is 10.1 Å². The number of carbonyl (C=O) groups is 1. The minimum atomic E-state index is -0.854. The molecule has 0 aliphatic heterocycles. The topological polar surface area (TPSA) is 127 Å². The largest absolute Gasteiger partial charge is 0.506 e. The highest BCUT2D eigenvalue weighted by Gasteiger charge is 2.23. The molecule has 3 rings (SSSR count). The fraction of sp³-hybridized carbons (Fsp3) is 0.350. The molecule has 1 aromatic carbocycles. The number of nitrogens with one attached hydrogen (secondary N) is 1. The Kier molecular flexibility index (Phi) is 6.78. The van der Waals surface area contributed by atoms with Gasteiger partial charge in [-0.25, -0.2) is 4.98 Å². The summed E-state index contributed by atoms with van der Waals surface area (Å²) in [5, 5.41) is 24.0. The average Bonchev–Trinajstić information content (AvgIpc) is 3.19. The zero-order valence-electron chi connectivity index (χ0n) is 16.5. The highest BCUT2D eigenvalue weighted by atomic mass is 32.1. The van der Waals surface area contributed by atoms with Gasteiger partial charge in [0.2, 0.25) is 0 Å². The molecular weight excluding hydrogens is 408 g/mol. The molecule has 0 aliphatic carbocycles. The lowest BCUT2D eigenvalue weighted by atomic mass is 10.1. The second-order valence-corrected chi connectivity index (χ2v) is 7.84. The quantitative estimate of drug-likeness (QED) is 0.296. The molecule has 10 heteroatoms. The molecule has 0 spiro atoms. The van der Waals surface area contributed by atoms with Crippen molar-refractivity contribution in [3.8, 4) is 5.75 Å². The van der Waals surface area contributed by atoms with Crippen molar-refractivity contribution in [2.45, 2.75) is 45.6 Å². The predicted molar refractivity (Wildman–Crippen MR) is 115 cm³/mol. The number of fused-ring (bicyclic) bond motifs is 1. The van der Waals surface area contributed by atoms with Crippen LogP contribution >= 0.6 is 11.3 Å². The number of aryl methyl sites for hydroxylation is 1. The van der Waals surface area contributed by atoms with E-state index in [2.05, 4.69) is 17.2 Å². The predicted octanol–water partition coefficient (Wildman–Crippen LogP) is 4.29. The molecular formula is C20H22N4O5S. The maximum atomic E-state index is 13.1. The van der Waals surface area contributed by atoms with Gasteiger partial charge in [0.1, 0.15) is 17.5 Å². The van der Waals surface area contributed by atoms with Gasteiger partial charge in [-0.05, 0) is 29.9 Å². The number of unbranched alkanes of at least 4 members (excludes halogenated alkanes) is 4. The van der Waals surface area contributed by atoms with Crippen LogP contribution in [0.3, 0.4) is 0 Å². The van der Waals surface area contributed by atoms with Crippen LogP contribution in [-0.4, -0.2) is 25.5 Å². The van der Waals surface area contributed by atoms with E-state index in [-0.39, 0.29) is 10.1 Å². The number of pyridine rings is 1. The van der Waals surface area contributed by atoms with Gasteiger partial charge >= 0.3 is 5.00 Å². The molecule has 2 heterocycles. The van der Waals surface area contributed by atoms with Crippen LogP contribution in [0.2, 0.25) is 0 Å². The summed E-state index contributed by atoms with van der Waals surface area (Å²) in [6, 6.07) is 6.85. The van der Waals surface area contributed by atoms with Crippen LogP contribution in [0.25, 0.3) is 10.9 Å². The molecule has 3 aromatic rings. The Morgan fingerprint density at radius 2 is 2.00 bits per heavy atom. The van der Waals surface area contributed by atoms with E-state index in [0.29, 0.717) is 28.8 Å². The van der Waals surface area contributed by atoms with Gasteiger partial charge in [-0.1, -0.05) is 44.7 Å². The first kappa shape index (κ1) is 21.4. The average molecular weight is 430 g/mol. The Balaban J connectivity index is 1.95. The van der Waals surface area contributed by atoms with Crippen LogP contribution in [0.5, 0.6) is 5.75 Å². The molecule has 0 radical (unpaired) electrons. The Labute approximate surface area is 176 Å². The Morgan fingerprint density at radius 3 is 2.70 bits per heavy atom. The summed E-state index contributed by atoms with van der Waals surface area (Å²) in [4.78, 5) is 39.8. The van der Waals surface area contributed by atoms with Crippen molar-refractivity contribution < 1.29 is 14.8 Å². The fourth-order valence-electron chi connectivity index (χ4n) is 3.26. The summed E-state index contributed by atoms with van der Waals surface area (Å²) in [5.41, 5.74) is -0.456. The van der Waals surface area contributed by atoms with Gasteiger partial charge in [0.05, 0.1) is 10.4 Å². The minimum Gasteiger partial charge on any atom is -0.506 e. The molecule has 1 amide bonds. The molecule has 0 atom stereocenters. The molecule has 0 saturated carbocycles. The standard InChI is InChI=1S/C20H22N4O5S/c1-2-3-4-5-8-11-23-14-10-7-6-9-13(14)17(25)16(19(23)27)18(26)22-20-21-12-15(30-20)24(28)29/h6-7,9-10,12,25H,2-5,8,11H2,1H3,(H,21,22,26). The zero-order chi connectivity index (χ0) is 21.7. The van der Waals surface area contributed by atoms with E-state index in [4.69, 9.17) is 0 Å². The summed E-state index contributed by atoms with van der Waals surface area (Å²) in [7, 11) is 0. The van der Waals surface area contributed by atoms with E-state index >= 15 is 0 Å². The molecule has 0 bridgehead atoms. The van der Waals surface area contributed by atoms with E-state index in [9.17, 15) is 24.8 Å². The Hall–Kier alpha value is -3.27. The van der Waals surface area contributed by atoms with Gasteiger partial charge in [0.25, 0.3) is 11.5 Å². The zero-order valence-corrected chi connectivity index (χ0v) is 17.3. The van der Waals surface area contributed by atoms with Gasteiger partial charge in [0.15, 0.2) is 5.13 Å². The molecule has 158 valence electrons. The molecule has 2 N–H and O–H groups in total. The summed E-state index contributed by atoms with van der Waals surface area (Å²) < 4.78 is 1.50. The molecule has 0 aliphatic rings.